The molecule has 7 heteroatoms. The van der Waals surface area contributed by atoms with Crippen LogP contribution >= 0.6 is 15.9 Å². The van der Waals surface area contributed by atoms with Gasteiger partial charge in [0.2, 0.25) is 0 Å². The Morgan fingerprint density at radius 3 is 2.52 bits per heavy atom. The number of hydrogen-bond acceptors (Lipinski definition) is 1. The van der Waals surface area contributed by atoms with Crippen LogP contribution < -0.4 is 0 Å². The molecule has 2 aromatic carbocycles. The maximum atomic E-state index is 13.3. The lowest BCUT2D eigenvalue weighted by atomic mass is 10.1. The minimum absolute atomic E-state index is 0.177. The minimum atomic E-state index is -4.74. The number of aromatic amines is 1. The van der Waals surface area contributed by atoms with Crippen LogP contribution in [0.2, 0.25) is 0 Å². The minimum Gasteiger partial charge on any atom is -0.338 e. The molecule has 0 unspecified atom stereocenters. The van der Waals surface area contributed by atoms with Gasteiger partial charge in [0.15, 0.2) is 0 Å². The first kappa shape index (κ1) is 14.1. The van der Waals surface area contributed by atoms with Crippen molar-refractivity contribution >= 4 is 27.0 Å². The molecule has 0 radical (unpaired) electrons. The Hall–Kier alpha value is -1.89. The molecule has 2 nitrogen and oxygen atoms in total. The maximum Gasteiger partial charge on any atom is 0.419 e. The second-order valence-electron chi connectivity index (χ2n) is 4.44. The quantitative estimate of drug-likeness (QED) is 0.598. The van der Waals surface area contributed by atoms with Crippen LogP contribution in [0.1, 0.15) is 5.56 Å². The number of benzene rings is 2. The Morgan fingerprint density at radius 2 is 1.81 bits per heavy atom. The second kappa shape index (κ2) is 4.84. The van der Waals surface area contributed by atoms with Gasteiger partial charge in [-0.1, -0.05) is 15.9 Å². The molecule has 1 N–H and O–H groups in total. The number of halogens is 5. The lowest BCUT2D eigenvalue weighted by Crippen LogP contribution is -2.08. The first-order chi connectivity index (χ1) is 9.84. The van der Waals surface area contributed by atoms with E-state index in [-0.39, 0.29) is 11.4 Å². The number of rotatable bonds is 1. The molecule has 21 heavy (non-hydrogen) atoms. The van der Waals surface area contributed by atoms with E-state index >= 15 is 0 Å². The SMILES string of the molecule is Fc1ccc(-c2nc3ccc(Br)cc3[nH]2)cc1C(F)(F)F. The number of alkyl halides is 3. The monoisotopic (exact) mass is 358 g/mol. The molecule has 0 saturated carbocycles. The van der Waals surface area contributed by atoms with Crippen molar-refractivity contribution in [3.63, 3.8) is 0 Å². The highest BCUT2D eigenvalue weighted by molar-refractivity contribution is 9.10. The zero-order valence-corrected chi connectivity index (χ0v) is 11.9. The summed E-state index contributed by atoms with van der Waals surface area (Å²) in [7, 11) is 0. The lowest BCUT2D eigenvalue weighted by molar-refractivity contribution is -0.139. The molecule has 1 aromatic heterocycles. The summed E-state index contributed by atoms with van der Waals surface area (Å²) in [4.78, 5) is 7.13. The van der Waals surface area contributed by atoms with Crippen molar-refractivity contribution in [2.24, 2.45) is 0 Å². The number of fused-ring (bicyclic) bond motifs is 1. The van der Waals surface area contributed by atoms with E-state index in [2.05, 4.69) is 25.9 Å². The van der Waals surface area contributed by atoms with E-state index in [0.29, 0.717) is 11.0 Å². The zero-order chi connectivity index (χ0) is 15.2. The molecule has 0 aliphatic heterocycles. The van der Waals surface area contributed by atoms with Crippen molar-refractivity contribution < 1.29 is 17.6 Å². The number of nitrogens with one attached hydrogen (secondary N) is 1. The van der Waals surface area contributed by atoms with Gasteiger partial charge >= 0.3 is 6.18 Å². The third-order valence-corrected chi connectivity index (χ3v) is 3.48. The third-order valence-electron chi connectivity index (χ3n) is 2.99. The molecule has 3 aromatic rings. The van der Waals surface area contributed by atoms with Crippen molar-refractivity contribution in [1.82, 2.24) is 9.97 Å². The molecule has 0 bridgehead atoms. The van der Waals surface area contributed by atoms with Gasteiger partial charge in [0.05, 0.1) is 16.6 Å². The Kier molecular flexibility index (Phi) is 3.24. The highest BCUT2D eigenvalue weighted by Crippen LogP contribution is 2.34. The fourth-order valence-electron chi connectivity index (χ4n) is 2.01. The fraction of sp³-hybridized carbons (Fsp3) is 0.0714. The summed E-state index contributed by atoms with van der Waals surface area (Å²) in [6.45, 7) is 0. The summed E-state index contributed by atoms with van der Waals surface area (Å²) in [6.07, 6.45) is -4.74. The van der Waals surface area contributed by atoms with Gasteiger partial charge in [-0.05, 0) is 36.4 Å². The summed E-state index contributed by atoms with van der Waals surface area (Å²) < 4.78 is 52.3. The predicted molar refractivity (Wildman–Crippen MR) is 74.2 cm³/mol. The van der Waals surface area contributed by atoms with Crippen LogP contribution in [-0.2, 0) is 6.18 Å². The van der Waals surface area contributed by atoms with E-state index in [1.54, 1.807) is 18.2 Å². The number of hydrogen-bond donors (Lipinski definition) is 1. The van der Waals surface area contributed by atoms with Crippen LogP contribution in [0.4, 0.5) is 17.6 Å². The molecule has 3 rings (SSSR count). The van der Waals surface area contributed by atoms with Crippen molar-refractivity contribution in [3.8, 4) is 11.4 Å². The Labute approximate surface area is 124 Å². The predicted octanol–water partition coefficient (Wildman–Crippen LogP) is 5.15. The number of nitrogens with zero attached hydrogens (tertiary/aromatic N) is 1. The summed E-state index contributed by atoms with van der Waals surface area (Å²) in [6, 6.07) is 8.08. The van der Waals surface area contributed by atoms with E-state index in [1.165, 1.54) is 6.07 Å². The van der Waals surface area contributed by atoms with Crippen LogP contribution in [0, 0.1) is 5.82 Å². The molecular formula is C14H7BrF4N2. The summed E-state index contributed by atoms with van der Waals surface area (Å²) in [5.74, 6) is -1.04. The van der Waals surface area contributed by atoms with E-state index in [0.717, 1.165) is 16.6 Å². The number of H-pyrrole nitrogens is 1. The highest BCUT2D eigenvalue weighted by atomic mass is 79.9. The molecule has 0 fully saturated rings. The van der Waals surface area contributed by atoms with Gasteiger partial charge in [0.25, 0.3) is 0 Å². The van der Waals surface area contributed by atoms with Crippen LogP contribution in [0.5, 0.6) is 0 Å². The molecule has 1 heterocycles. The highest BCUT2D eigenvalue weighted by Gasteiger charge is 2.34. The summed E-state index contributed by atoms with van der Waals surface area (Å²) in [5.41, 5.74) is 0.168. The van der Waals surface area contributed by atoms with Gasteiger partial charge in [0.1, 0.15) is 11.6 Å². The summed E-state index contributed by atoms with van der Waals surface area (Å²) in [5, 5.41) is 0. The maximum absolute atomic E-state index is 13.3. The molecule has 0 amide bonds. The molecular weight excluding hydrogens is 352 g/mol. The topological polar surface area (TPSA) is 28.7 Å². The molecule has 0 saturated heterocycles. The van der Waals surface area contributed by atoms with E-state index in [9.17, 15) is 17.6 Å². The Morgan fingerprint density at radius 1 is 1.05 bits per heavy atom. The first-order valence-corrected chi connectivity index (χ1v) is 6.66. The first-order valence-electron chi connectivity index (χ1n) is 5.87. The number of aromatic nitrogens is 2. The second-order valence-corrected chi connectivity index (χ2v) is 5.35. The molecule has 0 spiro atoms. The zero-order valence-electron chi connectivity index (χ0n) is 10.3. The van der Waals surface area contributed by atoms with Gasteiger partial charge < -0.3 is 4.98 Å². The van der Waals surface area contributed by atoms with Crippen molar-refractivity contribution in [2.75, 3.05) is 0 Å². The van der Waals surface area contributed by atoms with Gasteiger partial charge in [-0.2, -0.15) is 13.2 Å². The molecule has 0 aliphatic rings. The van der Waals surface area contributed by atoms with Crippen molar-refractivity contribution in [2.45, 2.75) is 6.18 Å². The van der Waals surface area contributed by atoms with E-state index in [4.69, 9.17) is 0 Å². The van der Waals surface area contributed by atoms with Gasteiger partial charge in [0, 0.05) is 10.0 Å². The van der Waals surface area contributed by atoms with Gasteiger partial charge in [-0.3, -0.25) is 0 Å². The Balaban J connectivity index is 2.14. The van der Waals surface area contributed by atoms with E-state index in [1.807, 2.05) is 0 Å². The Bertz CT molecular complexity index is 823. The van der Waals surface area contributed by atoms with E-state index < -0.39 is 17.6 Å². The van der Waals surface area contributed by atoms with Crippen LogP contribution in [0.3, 0.4) is 0 Å². The smallest absolute Gasteiger partial charge is 0.338 e. The standard InChI is InChI=1S/C14H7BrF4N2/c15-8-2-4-11-12(6-8)21-13(20-11)7-1-3-10(16)9(5-7)14(17,18)19/h1-6H,(H,20,21). The summed E-state index contributed by atoms with van der Waals surface area (Å²) >= 11 is 3.30. The average molecular weight is 359 g/mol. The normalized spacial score (nSPS) is 12.0. The van der Waals surface area contributed by atoms with Crippen LogP contribution in [-0.4, -0.2) is 9.97 Å². The van der Waals surface area contributed by atoms with Crippen molar-refractivity contribution in [3.05, 3.63) is 52.3 Å². The molecule has 0 atom stereocenters. The van der Waals surface area contributed by atoms with Gasteiger partial charge in [-0.25, -0.2) is 9.37 Å². The molecule has 0 aliphatic carbocycles. The van der Waals surface area contributed by atoms with Gasteiger partial charge in [-0.15, -0.1) is 0 Å². The van der Waals surface area contributed by atoms with Crippen LogP contribution in [0.25, 0.3) is 22.4 Å². The largest absolute Gasteiger partial charge is 0.419 e. The average Bonchev–Trinajstić information content (AvgIpc) is 2.80. The van der Waals surface area contributed by atoms with Crippen LogP contribution in [0.15, 0.2) is 40.9 Å². The lowest BCUT2D eigenvalue weighted by Gasteiger charge is -2.08. The fourth-order valence-corrected chi connectivity index (χ4v) is 2.37. The number of imidazole rings is 1. The molecule has 108 valence electrons. The third kappa shape index (κ3) is 2.65. The van der Waals surface area contributed by atoms with Crippen molar-refractivity contribution in [1.29, 1.82) is 0 Å².